The van der Waals surface area contributed by atoms with Crippen molar-refractivity contribution < 1.29 is 24.4 Å². The van der Waals surface area contributed by atoms with Gasteiger partial charge in [-0.25, -0.2) is 9.37 Å². The van der Waals surface area contributed by atoms with Crippen molar-refractivity contribution in [3.8, 4) is 0 Å². The Morgan fingerprint density at radius 2 is 2.24 bits per heavy atom. The molecule has 1 aliphatic heterocycles. The van der Waals surface area contributed by atoms with E-state index in [1.807, 2.05) is 0 Å². The van der Waals surface area contributed by atoms with Crippen LogP contribution in [0, 0.1) is 0 Å². The molecule has 11 heteroatoms. The first kappa shape index (κ1) is 14.4. The largest absolute Gasteiger partial charge is 0.394 e. The number of hydrogen-bond donors (Lipinski definition) is 4. The van der Waals surface area contributed by atoms with Gasteiger partial charge in [-0.05, 0) is 11.6 Å². The number of nitrogens with two attached hydrogens (primary N) is 1. The Morgan fingerprint density at radius 3 is 2.86 bits per heavy atom. The van der Waals surface area contributed by atoms with Gasteiger partial charge in [-0.15, -0.1) is 0 Å². The van der Waals surface area contributed by atoms with E-state index in [4.69, 9.17) is 27.2 Å². The molecular weight excluding hydrogens is 309 g/mol. The van der Waals surface area contributed by atoms with Gasteiger partial charge >= 0.3 is 0 Å². The van der Waals surface area contributed by atoms with Crippen molar-refractivity contribution >= 4 is 28.6 Å². The van der Waals surface area contributed by atoms with Gasteiger partial charge in [-0.3, -0.25) is 4.57 Å². The van der Waals surface area contributed by atoms with Gasteiger partial charge in [0.05, 0.1) is 6.61 Å². The summed E-state index contributed by atoms with van der Waals surface area (Å²) in [5.41, 5.74) is 5.63. The first-order valence-electron chi connectivity index (χ1n) is 5.88. The molecule has 0 amide bonds. The summed E-state index contributed by atoms with van der Waals surface area (Å²) in [5, 5.41) is 28.8. The second-order valence-electron chi connectivity index (χ2n) is 4.55. The Labute approximate surface area is 121 Å². The van der Waals surface area contributed by atoms with Crippen molar-refractivity contribution in [2.75, 3.05) is 12.3 Å². The first-order chi connectivity index (χ1) is 9.88. The number of nitrogens with zero attached hydrogens (tertiary/aromatic N) is 4. The molecule has 0 saturated carbocycles. The fourth-order valence-electron chi connectivity index (χ4n) is 2.23. The van der Waals surface area contributed by atoms with Crippen LogP contribution in [0.15, 0.2) is 6.33 Å². The summed E-state index contributed by atoms with van der Waals surface area (Å²) in [6.07, 6.45) is -4.21. The molecule has 0 bridgehead atoms. The van der Waals surface area contributed by atoms with Gasteiger partial charge in [-0.2, -0.15) is 9.97 Å². The maximum Gasteiger partial charge on any atom is 0.291 e. The molecule has 3 rings (SSSR count). The minimum atomic E-state index is -2.59. The molecule has 9 nitrogen and oxygen atoms in total. The molecule has 4 atom stereocenters. The molecule has 114 valence electrons. The highest BCUT2D eigenvalue weighted by molar-refractivity contribution is 6.28. The van der Waals surface area contributed by atoms with E-state index in [1.54, 1.807) is 0 Å². The van der Waals surface area contributed by atoms with E-state index in [0.29, 0.717) is 0 Å². The van der Waals surface area contributed by atoms with Gasteiger partial charge in [-0.1, -0.05) is 0 Å². The second-order valence-corrected chi connectivity index (χ2v) is 4.89. The first-order valence-corrected chi connectivity index (χ1v) is 6.26. The summed E-state index contributed by atoms with van der Waals surface area (Å²) in [6.45, 7) is -0.672. The minimum absolute atomic E-state index is 0.0555. The summed E-state index contributed by atoms with van der Waals surface area (Å²) < 4.78 is 20.1. The molecular formula is C10H11ClFN5O4. The number of anilines is 1. The van der Waals surface area contributed by atoms with Crippen molar-refractivity contribution in [2.24, 2.45) is 0 Å². The van der Waals surface area contributed by atoms with Crippen LogP contribution in [0.2, 0.25) is 5.28 Å². The van der Waals surface area contributed by atoms with E-state index in [-0.39, 0.29) is 22.3 Å². The lowest BCUT2D eigenvalue weighted by Crippen LogP contribution is -2.42. The highest BCUT2D eigenvalue weighted by Gasteiger charge is 2.57. The Hall–Kier alpha value is -1.59. The van der Waals surface area contributed by atoms with E-state index in [0.717, 1.165) is 10.9 Å². The Balaban J connectivity index is 2.16. The Morgan fingerprint density at radius 1 is 1.52 bits per heavy atom. The van der Waals surface area contributed by atoms with Crippen molar-refractivity contribution in [3.05, 3.63) is 11.6 Å². The lowest BCUT2D eigenvalue weighted by Gasteiger charge is -2.25. The van der Waals surface area contributed by atoms with Gasteiger partial charge in [0.1, 0.15) is 24.1 Å². The third-order valence-electron chi connectivity index (χ3n) is 3.29. The number of aliphatic hydroxyl groups is 3. The number of ether oxygens (including phenoxy) is 1. The molecule has 21 heavy (non-hydrogen) atoms. The fraction of sp³-hybridized carbons (Fsp3) is 0.500. The van der Waals surface area contributed by atoms with Crippen LogP contribution in [0.1, 0.15) is 0 Å². The van der Waals surface area contributed by atoms with E-state index in [2.05, 4.69) is 15.0 Å². The third kappa shape index (κ3) is 1.95. The number of imidazole rings is 1. The number of fused-ring (bicyclic) bond motifs is 1. The molecule has 0 radical (unpaired) electrons. The number of rotatable bonds is 2. The topological polar surface area (TPSA) is 140 Å². The molecule has 0 spiro atoms. The molecule has 1 saturated heterocycles. The molecule has 2 aromatic rings. The van der Waals surface area contributed by atoms with Crippen LogP contribution >= 0.6 is 11.6 Å². The number of aromatic nitrogens is 4. The zero-order valence-electron chi connectivity index (χ0n) is 10.4. The van der Waals surface area contributed by atoms with Crippen LogP contribution in [0.25, 0.3) is 11.2 Å². The number of hydrogen-bond acceptors (Lipinski definition) is 8. The maximum absolute atomic E-state index is 14.2. The summed E-state index contributed by atoms with van der Waals surface area (Å²) >= 11 is 5.68. The van der Waals surface area contributed by atoms with E-state index in [9.17, 15) is 14.6 Å². The van der Waals surface area contributed by atoms with Gasteiger partial charge in [0.15, 0.2) is 11.5 Å². The van der Waals surface area contributed by atoms with Gasteiger partial charge < -0.3 is 25.8 Å². The number of nitrogen functional groups attached to an aromatic ring is 1. The van der Waals surface area contributed by atoms with E-state index >= 15 is 0 Å². The minimum Gasteiger partial charge on any atom is -0.394 e. The highest BCUT2D eigenvalue weighted by Crippen LogP contribution is 2.37. The fourth-order valence-corrected chi connectivity index (χ4v) is 2.40. The normalized spacial score (nSPS) is 32.9. The molecule has 0 aromatic carbocycles. The highest BCUT2D eigenvalue weighted by atomic mass is 35.5. The lowest BCUT2D eigenvalue weighted by atomic mass is 10.1. The van der Waals surface area contributed by atoms with E-state index in [1.165, 1.54) is 0 Å². The van der Waals surface area contributed by atoms with Gasteiger partial charge in [0.25, 0.3) is 5.91 Å². The summed E-state index contributed by atoms with van der Waals surface area (Å²) in [7, 11) is 0. The number of alkyl halides is 1. The molecule has 3 heterocycles. The summed E-state index contributed by atoms with van der Waals surface area (Å²) in [5.74, 6) is -2.65. The molecule has 0 aliphatic carbocycles. The molecule has 2 aromatic heterocycles. The van der Waals surface area contributed by atoms with Crippen molar-refractivity contribution in [3.63, 3.8) is 0 Å². The van der Waals surface area contributed by atoms with Crippen molar-refractivity contribution in [2.45, 2.75) is 24.3 Å². The van der Waals surface area contributed by atoms with Crippen LogP contribution in [0.3, 0.4) is 0 Å². The van der Waals surface area contributed by atoms with Crippen LogP contribution < -0.4 is 5.73 Å². The van der Waals surface area contributed by atoms with Crippen molar-refractivity contribution in [1.82, 2.24) is 19.5 Å². The zero-order valence-corrected chi connectivity index (χ0v) is 11.1. The van der Waals surface area contributed by atoms with Crippen molar-refractivity contribution in [1.29, 1.82) is 0 Å². The average molecular weight is 320 g/mol. The van der Waals surface area contributed by atoms with Crippen LogP contribution in [-0.4, -0.2) is 59.8 Å². The van der Waals surface area contributed by atoms with Crippen LogP contribution in [0.4, 0.5) is 10.2 Å². The third-order valence-corrected chi connectivity index (χ3v) is 3.45. The van der Waals surface area contributed by atoms with Gasteiger partial charge in [0.2, 0.25) is 11.5 Å². The predicted molar refractivity (Wildman–Crippen MR) is 67.8 cm³/mol. The molecule has 1 aliphatic rings. The molecule has 0 unspecified atom stereocenters. The van der Waals surface area contributed by atoms with Gasteiger partial charge in [0, 0.05) is 0 Å². The van der Waals surface area contributed by atoms with E-state index < -0.39 is 30.9 Å². The maximum atomic E-state index is 14.2. The standard InChI is InChI=1S/C10H11ClFN5O4/c11-9-15-7(13)4-8(16-9)17(2-14-4)10(20)6(12)5(19)3(1-18)21-10/h2-3,5-6,18-20H,1H2,(H2,13,15,16)/t3-,5+,6+,10-/m1/s1. The zero-order chi connectivity index (χ0) is 15.4. The van der Waals surface area contributed by atoms with Crippen LogP contribution in [0.5, 0.6) is 0 Å². The quantitative estimate of drug-likeness (QED) is 0.504. The number of halogens is 2. The van der Waals surface area contributed by atoms with Crippen LogP contribution in [-0.2, 0) is 10.6 Å². The average Bonchev–Trinajstić information content (AvgIpc) is 2.95. The SMILES string of the molecule is Nc1nc(Cl)nc2c1ncn2[C@]1(O)O[C@H](CO)[C@H](O)[C@@H]1F. The smallest absolute Gasteiger partial charge is 0.291 e. The predicted octanol–water partition coefficient (Wildman–Crippen LogP) is -1.25. The monoisotopic (exact) mass is 319 g/mol. The Bertz CT molecular complexity index is 699. The summed E-state index contributed by atoms with van der Waals surface area (Å²) in [4.78, 5) is 11.4. The number of aliphatic hydroxyl groups excluding tert-OH is 2. The molecule has 1 fully saturated rings. The molecule has 5 N–H and O–H groups in total. The second kappa shape index (κ2) is 4.71. The Kier molecular flexibility index (Phi) is 3.22. The lowest BCUT2D eigenvalue weighted by molar-refractivity contribution is -0.275. The summed E-state index contributed by atoms with van der Waals surface area (Å²) in [6, 6.07) is 0.